The fraction of sp³-hybridized carbons (Fsp3) is 1.00. The van der Waals surface area contributed by atoms with Crippen LogP contribution in [0.2, 0.25) is 0 Å². The van der Waals surface area contributed by atoms with E-state index in [4.69, 9.17) is 0 Å². The lowest BCUT2D eigenvalue weighted by molar-refractivity contribution is -0.183. The van der Waals surface area contributed by atoms with Gasteiger partial charge in [-0.1, -0.05) is 34.1 Å². The van der Waals surface area contributed by atoms with Gasteiger partial charge in [-0.3, -0.25) is 0 Å². The lowest BCUT2D eigenvalue weighted by atomic mass is 9.54. The maximum atomic E-state index is 10.3. The normalized spacial score (nSPS) is 35.8. The van der Waals surface area contributed by atoms with E-state index >= 15 is 0 Å². The van der Waals surface area contributed by atoms with Gasteiger partial charge in [-0.25, -0.2) is 0 Å². The summed E-state index contributed by atoms with van der Waals surface area (Å²) in [5, 5.41) is 10.3. The molecule has 0 aromatic heterocycles. The van der Waals surface area contributed by atoms with E-state index in [1.165, 1.54) is 12.8 Å². The maximum Gasteiger partial charge on any atom is 0.0724 e. The van der Waals surface area contributed by atoms with E-state index in [2.05, 4.69) is 27.7 Å². The van der Waals surface area contributed by atoms with E-state index in [0.29, 0.717) is 5.92 Å². The molecule has 0 spiro atoms. The zero-order valence-electron chi connectivity index (χ0n) is 8.85. The van der Waals surface area contributed by atoms with Crippen molar-refractivity contribution in [1.29, 1.82) is 0 Å². The highest BCUT2D eigenvalue weighted by atomic mass is 16.3. The third-order valence-electron chi connectivity index (χ3n) is 3.84. The summed E-state index contributed by atoms with van der Waals surface area (Å²) in [6.45, 7) is 8.74. The number of hydrogen-bond acceptors (Lipinski definition) is 1. The molecule has 1 rings (SSSR count). The first-order valence-electron chi connectivity index (χ1n) is 5.16. The Hall–Kier alpha value is -0.0400. The predicted octanol–water partition coefficient (Wildman–Crippen LogP) is 2.97. The second kappa shape index (κ2) is 3.02. The molecule has 0 aliphatic heterocycles. The molecule has 0 aromatic rings. The van der Waals surface area contributed by atoms with Crippen molar-refractivity contribution >= 4 is 0 Å². The summed E-state index contributed by atoms with van der Waals surface area (Å²) in [5.41, 5.74) is -0.218. The zero-order chi connectivity index (χ0) is 9.41. The van der Waals surface area contributed by atoms with Crippen LogP contribution < -0.4 is 0 Å². The van der Waals surface area contributed by atoms with Crippen molar-refractivity contribution in [3.05, 3.63) is 0 Å². The maximum absolute atomic E-state index is 10.3. The number of rotatable bonds is 3. The van der Waals surface area contributed by atoms with Crippen LogP contribution in [-0.4, -0.2) is 10.7 Å². The van der Waals surface area contributed by atoms with Crippen LogP contribution in [0.15, 0.2) is 0 Å². The molecular weight excluding hydrogens is 148 g/mol. The summed E-state index contributed by atoms with van der Waals surface area (Å²) >= 11 is 0. The van der Waals surface area contributed by atoms with E-state index in [9.17, 15) is 5.11 Å². The van der Waals surface area contributed by atoms with Crippen LogP contribution in [0.5, 0.6) is 0 Å². The second-order valence-electron chi connectivity index (χ2n) is 5.00. The van der Waals surface area contributed by atoms with Gasteiger partial charge in [-0.15, -0.1) is 0 Å². The topological polar surface area (TPSA) is 20.2 Å². The minimum atomic E-state index is -0.372. The summed E-state index contributed by atoms with van der Waals surface area (Å²) < 4.78 is 0. The van der Waals surface area contributed by atoms with Crippen LogP contribution in [0, 0.1) is 11.3 Å². The molecule has 0 bridgehead atoms. The van der Waals surface area contributed by atoms with Gasteiger partial charge in [0.15, 0.2) is 0 Å². The third-order valence-corrected chi connectivity index (χ3v) is 3.84. The van der Waals surface area contributed by atoms with E-state index in [-0.39, 0.29) is 11.0 Å². The molecule has 1 aliphatic carbocycles. The standard InChI is InChI=1S/C11H22O/c1-5-6-9(2)11(12)8-7-10(11,3)4/h9,12H,5-8H2,1-4H3. The van der Waals surface area contributed by atoms with Crippen molar-refractivity contribution in [2.75, 3.05) is 0 Å². The fourth-order valence-electron chi connectivity index (χ4n) is 2.47. The molecule has 72 valence electrons. The van der Waals surface area contributed by atoms with Crippen LogP contribution >= 0.6 is 0 Å². The molecule has 12 heavy (non-hydrogen) atoms. The Morgan fingerprint density at radius 1 is 1.33 bits per heavy atom. The van der Waals surface area contributed by atoms with E-state index in [0.717, 1.165) is 12.8 Å². The molecule has 2 unspecified atom stereocenters. The minimum Gasteiger partial charge on any atom is -0.389 e. The highest BCUT2D eigenvalue weighted by Crippen LogP contribution is 2.54. The van der Waals surface area contributed by atoms with Crippen molar-refractivity contribution in [3.8, 4) is 0 Å². The van der Waals surface area contributed by atoms with Gasteiger partial charge in [-0.05, 0) is 30.6 Å². The zero-order valence-corrected chi connectivity index (χ0v) is 8.85. The Kier molecular flexibility index (Phi) is 2.53. The minimum absolute atomic E-state index is 0.154. The Balaban J connectivity index is 2.60. The van der Waals surface area contributed by atoms with Gasteiger partial charge in [0, 0.05) is 0 Å². The first-order chi connectivity index (χ1) is 5.44. The molecule has 0 heterocycles. The third kappa shape index (κ3) is 1.28. The molecule has 1 heteroatoms. The average Bonchev–Trinajstić information content (AvgIpc) is 2.01. The molecule has 0 radical (unpaired) electrons. The second-order valence-corrected chi connectivity index (χ2v) is 5.00. The lowest BCUT2D eigenvalue weighted by Gasteiger charge is -2.56. The summed E-state index contributed by atoms with van der Waals surface area (Å²) in [6, 6.07) is 0. The van der Waals surface area contributed by atoms with Crippen molar-refractivity contribution in [2.24, 2.45) is 11.3 Å². The number of aliphatic hydroxyl groups is 1. The van der Waals surface area contributed by atoms with Gasteiger partial charge in [0.2, 0.25) is 0 Å². The van der Waals surface area contributed by atoms with Crippen LogP contribution in [-0.2, 0) is 0 Å². The number of hydrogen-bond donors (Lipinski definition) is 1. The van der Waals surface area contributed by atoms with E-state index in [1.54, 1.807) is 0 Å². The molecule has 1 fully saturated rings. The Morgan fingerprint density at radius 2 is 1.92 bits per heavy atom. The van der Waals surface area contributed by atoms with Gasteiger partial charge < -0.3 is 5.11 Å². The van der Waals surface area contributed by atoms with Crippen LogP contribution in [0.25, 0.3) is 0 Å². The molecule has 1 N–H and O–H groups in total. The first-order valence-corrected chi connectivity index (χ1v) is 5.16. The molecule has 2 atom stereocenters. The fourth-order valence-corrected chi connectivity index (χ4v) is 2.47. The summed E-state index contributed by atoms with van der Waals surface area (Å²) in [7, 11) is 0. The van der Waals surface area contributed by atoms with Gasteiger partial charge in [0.1, 0.15) is 0 Å². The summed E-state index contributed by atoms with van der Waals surface area (Å²) in [6.07, 6.45) is 4.51. The Labute approximate surface area is 76.2 Å². The van der Waals surface area contributed by atoms with Gasteiger partial charge in [0.05, 0.1) is 5.60 Å². The quantitative estimate of drug-likeness (QED) is 0.690. The monoisotopic (exact) mass is 170 g/mol. The molecule has 1 saturated carbocycles. The van der Waals surface area contributed by atoms with Crippen molar-refractivity contribution in [1.82, 2.24) is 0 Å². The molecule has 1 nitrogen and oxygen atoms in total. The van der Waals surface area contributed by atoms with Crippen LogP contribution in [0.4, 0.5) is 0 Å². The van der Waals surface area contributed by atoms with E-state index < -0.39 is 0 Å². The van der Waals surface area contributed by atoms with Gasteiger partial charge in [-0.2, -0.15) is 0 Å². The van der Waals surface area contributed by atoms with Crippen molar-refractivity contribution in [3.63, 3.8) is 0 Å². The highest BCUT2D eigenvalue weighted by Gasteiger charge is 2.54. The van der Waals surface area contributed by atoms with Gasteiger partial charge in [0.25, 0.3) is 0 Å². The molecule has 0 aromatic carbocycles. The van der Waals surface area contributed by atoms with Crippen LogP contribution in [0.3, 0.4) is 0 Å². The molecule has 0 amide bonds. The SMILES string of the molecule is CCCC(C)C1(O)CCC1(C)C. The first kappa shape index (κ1) is 10.0. The molecular formula is C11H22O. The van der Waals surface area contributed by atoms with Crippen molar-refractivity contribution < 1.29 is 5.11 Å². The largest absolute Gasteiger partial charge is 0.389 e. The van der Waals surface area contributed by atoms with E-state index in [1.807, 2.05) is 0 Å². The molecule has 0 saturated heterocycles. The average molecular weight is 170 g/mol. The smallest absolute Gasteiger partial charge is 0.0724 e. The van der Waals surface area contributed by atoms with Crippen LogP contribution in [0.1, 0.15) is 53.4 Å². The lowest BCUT2D eigenvalue weighted by Crippen LogP contribution is -2.57. The highest BCUT2D eigenvalue weighted by molar-refractivity contribution is 5.05. The Morgan fingerprint density at radius 3 is 2.17 bits per heavy atom. The molecule has 1 aliphatic rings. The predicted molar refractivity (Wildman–Crippen MR) is 52.0 cm³/mol. The summed E-state index contributed by atoms with van der Waals surface area (Å²) in [4.78, 5) is 0. The van der Waals surface area contributed by atoms with Gasteiger partial charge >= 0.3 is 0 Å². The summed E-state index contributed by atoms with van der Waals surface area (Å²) in [5.74, 6) is 0.464. The Bertz CT molecular complexity index is 162. The van der Waals surface area contributed by atoms with Crippen molar-refractivity contribution in [2.45, 2.75) is 59.0 Å².